The van der Waals surface area contributed by atoms with Crippen molar-refractivity contribution in [3.63, 3.8) is 0 Å². The summed E-state index contributed by atoms with van der Waals surface area (Å²) >= 11 is 0. The minimum atomic E-state index is -0.294. The molecule has 0 aliphatic heterocycles. The van der Waals surface area contributed by atoms with E-state index in [0.717, 1.165) is 77.2 Å². The highest BCUT2D eigenvalue weighted by Gasteiger charge is 2.26. The highest BCUT2D eigenvalue weighted by atomic mass is 19.1. The summed E-state index contributed by atoms with van der Waals surface area (Å²) in [6, 6.07) is 49.0. The molecule has 0 aromatic heterocycles. The van der Waals surface area contributed by atoms with Gasteiger partial charge in [0.15, 0.2) is 0 Å². The maximum absolute atomic E-state index is 16.6. The van der Waals surface area contributed by atoms with E-state index in [1.54, 1.807) is 12.1 Å². The van der Waals surface area contributed by atoms with Crippen LogP contribution < -0.4 is 4.90 Å². The van der Waals surface area contributed by atoms with E-state index in [9.17, 15) is 0 Å². The summed E-state index contributed by atoms with van der Waals surface area (Å²) < 4.78 is 33.1. The average Bonchev–Trinajstić information content (AvgIpc) is 3.15. The summed E-state index contributed by atoms with van der Waals surface area (Å²) in [5, 5.41) is 6.47. The smallest absolute Gasteiger partial charge is 0.133 e. The molecular weight excluding hydrogens is 641 g/mol. The topological polar surface area (TPSA) is 3.24 Å². The zero-order chi connectivity index (χ0) is 35.7. The van der Waals surface area contributed by atoms with Crippen LogP contribution in [0.5, 0.6) is 0 Å². The fourth-order valence-electron chi connectivity index (χ4n) is 8.12. The van der Waals surface area contributed by atoms with E-state index in [1.807, 2.05) is 18.2 Å². The monoisotopic (exact) mass is 677 g/mol. The molecule has 3 heteroatoms. The van der Waals surface area contributed by atoms with Gasteiger partial charge in [-0.3, -0.25) is 0 Å². The second-order valence-corrected chi connectivity index (χ2v) is 14.3. The number of aryl methyl sites for hydroxylation is 4. The van der Waals surface area contributed by atoms with Gasteiger partial charge in [0.2, 0.25) is 0 Å². The van der Waals surface area contributed by atoms with Gasteiger partial charge in [-0.1, -0.05) is 125 Å². The van der Waals surface area contributed by atoms with Crippen LogP contribution in [0, 0.1) is 39.3 Å². The van der Waals surface area contributed by atoms with Crippen molar-refractivity contribution < 1.29 is 8.78 Å². The molecular formula is C49H37F2N. The zero-order valence-electron chi connectivity index (χ0n) is 29.6. The molecule has 0 saturated heterocycles. The number of nitrogens with zero attached hydrogens (tertiary/aromatic N) is 1. The summed E-state index contributed by atoms with van der Waals surface area (Å²) in [5.74, 6) is -0.741. The Morgan fingerprint density at radius 3 is 1.19 bits per heavy atom. The Hall–Kier alpha value is -6.06. The molecule has 52 heavy (non-hydrogen) atoms. The van der Waals surface area contributed by atoms with Crippen LogP contribution in [0.15, 0.2) is 146 Å². The molecule has 0 fully saturated rings. The van der Waals surface area contributed by atoms with Crippen LogP contribution in [0.25, 0.3) is 43.1 Å². The summed E-state index contributed by atoms with van der Waals surface area (Å²) in [6.45, 7) is 8.30. The molecule has 0 atom stereocenters. The molecule has 1 nitrogen and oxygen atoms in total. The zero-order valence-corrected chi connectivity index (χ0v) is 29.6. The first-order valence-corrected chi connectivity index (χ1v) is 17.8. The number of halogens is 2. The van der Waals surface area contributed by atoms with Crippen molar-refractivity contribution in [2.75, 3.05) is 4.90 Å². The van der Waals surface area contributed by atoms with Gasteiger partial charge in [0.25, 0.3) is 0 Å². The van der Waals surface area contributed by atoms with E-state index in [1.165, 1.54) is 11.1 Å². The number of hydrogen-bond donors (Lipinski definition) is 0. The normalized spacial score (nSPS) is 11.8. The second-order valence-electron chi connectivity index (χ2n) is 14.3. The van der Waals surface area contributed by atoms with Gasteiger partial charge in [-0.15, -0.1) is 0 Å². The first kappa shape index (κ1) is 31.9. The molecule has 9 aromatic rings. The molecule has 252 valence electrons. The van der Waals surface area contributed by atoms with Crippen LogP contribution >= 0.6 is 0 Å². The molecule has 0 amide bonds. The number of anilines is 3. The fourth-order valence-corrected chi connectivity index (χ4v) is 8.12. The van der Waals surface area contributed by atoms with Crippen molar-refractivity contribution >= 4 is 60.2 Å². The van der Waals surface area contributed by atoms with E-state index in [-0.39, 0.29) is 17.6 Å². The van der Waals surface area contributed by atoms with Gasteiger partial charge in [-0.2, -0.15) is 0 Å². The van der Waals surface area contributed by atoms with Crippen molar-refractivity contribution in [1.29, 1.82) is 0 Å². The quantitative estimate of drug-likeness (QED) is 0.0962. The first-order valence-electron chi connectivity index (χ1n) is 17.8. The summed E-state index contributed by atoms with van der Waals surface area (Å²) in [4.78, 5) is 2.14. The number of benzene rings is 9. The molecule has 0 unspecified atom stereocenters. The molecule has 9 aromatic carbocycles. The third-order valence-electron chi connectivity index (χ3n) is 10.8. The molecule has 0 bridgehead atoms. The predicted octanol–water partition coefficient (Wildman–Crippen LogP) is 13.9. The lowest BCUT2D eigenvalue weighted by atomic mass is 9.80. The second kappa shape index (κ2) is 12.3. The number of fused-ring (bicyclic) bond motifs is 2. The van der Waals surface area contributed by atoms with Crippen LogP contribution in [0.4, 0.5) is 25.8 Å². The standard InChI is InChI=1S/C49H37F2N/c1-29-5-13-33(14-6-29)45(34-15-7-30(2)8-16-34)41-22-21-37-40-25-28-44(52(35-17-9-31(3)10-18-35)36-19-11-32(4)12-20-36)49-43(51)27-24-39(47(40)49)38-23-26-42(50)48(41)46(37)38/h5-28,45H,1-4H3. The number of rotatable bonds is 6. The van der Waals surface area contributed by atoms with E-state index in [0.29, 0.717) is 10.8 Å². The van der Waals surface area contributed by atoms with Crippen molar-refractivity contribution in [1.82, 2.24) is 0 Å². The van der Waals surface area contributed by atoms with Crippen LogP contribution in [-0.4, -0.2) is 0 Å². The molecule has 0 N–H and O–H groups in total. The third-order valence-corrected chi connectivity index (χ3v) is 10.8. The molecule has 0 saturated carbocycles. The SMILES string of the molecule is Cc1ccc(C(c2ccc(C)cc2)c2ccc3c4ccc(N(c5ccc(C)cc5)c5ccc(C)cc5)c5c(F)ccc(c6ccc(F)c2c63)c54)cc1. The Morgan fingerprint density at radius 1 is 0.365 bits per heavy atom. The Morgan fingerprint density at radius 2 is 0.731 bits per heavy atom. The predicted molar refractivity (Wildman–Crippen MR) is 215 cm³/mol. The summed E-state index contributed by atoms with van der Waals surface area (Å²) in [7, 11) is 0. The lowest BCUT2D eigenvalue weighted by Crippen LogP contribution is -2.11. The van der Waals surface area contributed by atoms with E-state index < -0.39 is 0 Å². The summed E-state index contributed by atoms with van der Waals surface area (Å²) in [5.41, 5.74) is 10.4. The van der Waals surface area contributed by atoms with Crippen molar-refractivity contribution in [2.45, 2.75) is 33.6 Å². The Bertz CT molecular complexity index is 2460. The van der Waals surface area contributed by atoms with E-state index >= 15 is 8.78 Å². The Balaban J connectivity index is 1.35. The molecule has 0 aliphatic carbocycles. The van der Waals surface area contributed by atoms with Crippen molar-refractivity contribution in [3.05, 3.63) is 196 Å². The maximum atomic E-state index is 16.6. The minimum Gasteiger partial charge on any atom is -0.310 e. The largest absolute Gasteiger partial charge is 0.310 e. The fraction of sp³-hybridized carbons (Fsp3) is 0.102. The average molecular weight is 678 g/mol. The molecule has 0 spiro atoms. The van der Waals surface area contributed by atoms with Crippen molar-refractivity contribution in [3.8, 4) is 0 Å². The maximum Gasteiger partial charge on any atom is 0.133 e. The minimum absolute atomic E-state index is 0.186. The van der Waals surface area contributed by atoms with Crippen molar-refractivity contribution in [2.24, 2.45) is 0 Å². The summed E-state index contributed by atoms with van der Waals surface area (Å²) in [6.07, 6.45) is 0. The highest BCUT2D eigenvalue weighted by molar-refractivity contribution is 6.34. The Labute approximate surface area is 302 Å². The number of hydrogen-bond acceptors (Lipinski definition) is 1. The van der Waals surface area contributed by atoms with E-state index in [4.69, 9.17) is 0 Å². The van der Waals surface area contributed by atoms with Gasteiger partial charge < -0.3 is 4.90 Å². The molecule has 0 radical (unpaired) electrons. The van der Waals surface area contributed by atoms with Gasteiger partial charge in [-0.25, -0.2) is 8.78 Å². The first-order chi connectivity index (χ1) is 25.3. The van der Waals surface area contributed by atoms with Gasteiger partial charge in [0.05, 0.1) is 5.69 Å². The van der Waals surface area contributed by atoms with Crippen LogP contribution in [0.3, 0.4) is 0 Å². The van der Waals surface area contributed by atoms with Crippen LogP contribution in [0.1, 0.15) is 44.9 Å². The third kappa shape index (κ3) is 5.11. The van der Waals surface area contributed by atoms with E-state index in [2.05, 4.69) is 148 Å². The highest BCUT2D eigenvalue weighted by Crippen LogP contribution is 2.49. The lowest BCUT2D eigenvalue weighted by molar-refractivity contribution is 0.638. The van der Waals surface area contributed by atoms with Gasteiger partial charge in [0.1, 0.15) is 11.6 Å². The van der Waals surface area contributed by atoms with Gasteiger partial charge >= 0.3 is 0 Å². The molecule has 0 heterocycles. The van der Waals surface area contributed by atoms with Gasteiger partial charge in [-0.05, 0) is 108 Å². The molecule has 9 rings (SSSR count). The van der Waals surface area contributed by atoms with Crippen LogP contribution in [-0.2, 0) is 0 Å². The lowest BCUT2D eigenvalue weighted by Gasteiger charge is -2.28. The Kier molecular flexibility index (Phi) is 7.55. The molecule has 0 aliphatic rings. The van der Waals surface area contributed by atoms with Crippen LogP contribution in [0.2, 0.25) is 0 Å². The van der Waals surface area contributed by atoms with Gasteiger partial charge in [0, 0.05) is 38.8 Å².